The number of hydrogen-bond acceptors (Lipinski definition) is 7. The number of nitrogens with one attached hydrogen (secondary N) is 2. The van der Waals surface area contributed by atoms with Crippen LogP contribution in [0.15, 0.2) is 30.9 Å². The number of rotatable bonds is 5. The summed E-state index contributed by atoms with van der Waals surface area (Å²) in [6.07, 6.45) is 4.00. The third kappa shape index (κ3) is 5.66. The second kappa shape index (κ2) is 8.84. The van der Waals surface area contributed by atoms with Crippen LogP contribution in [-0.4, -0.2) is 36.4 Å². The van der Waals surface area contributed by atoms with E-state index in [0.717, 1.165) is 0 Å². The fraction of sp³-hybridized carbons (Fsp3) is 0.350. The number of halogens is 2. The van der Waals surface area contributed by atoms with E-state index in [1.807, 2.05) is 0 Å². The van der Waals surface area contributed by atoms with Gasteiger partial charge in [-0.2, -0.15) is 10.1 Å². The van der Waals surface area contributed by atoms with E-state index in [9.17, 15) is 4.79 Å². The third-order valence-electron chi connectivity index (χ3n) is 4.09. The molecule has 0 saturated carbocycles. The Hall–Kier alpha value is -3.27. The van der Waals surface area contributed by atoms with Crippen LogP contribution >= 0.6 is 11.6 Å². The van der Waals surface area contributed by atoms with Gasteiger partial charge in [0.2, 0.25) is 5.95 Å². The van der Waals surface area contributed by atoms with E-state index in [1.165, 1.54) is 12.4 Å². The SMILES string of the molecule is C[C@@H](NC(=O)OC(C)(C)C)c1ccc(-c2ncnc(Nc3cnn(C)c3)n2)c(F)c1Cl. The van der Waals surface area contributed by atoms with Gasteiger partial charge in [-0.15, -0.1) is 0 Å². The van der Waals surface area contributed by atoms with Crippen molar-refractivity contribution in [2.45, 2.75) is 39.3 Å². The summed E-state index contributed by atoms with van der Waals surface area (Å²) in [7, 11) is 1.78. The molecule has 11 heteroatoms. The van der Waals surface area contributed by atoms with Crippen LogP contribution in [-0.2, 0) is 11.8 Å². The summed E-state index contributed by atoms with van der Waals surface area (Å²) < 4.78 is 21.9. The van der Waals surface area contributed by atoms with E-state index in [0.29, 0.717) is 11.3 Å². The molecule has 0 unspecified atom stereocenters. The predicted octanol–water partition coefficient (Wildman–Crippen LogP) is 4.39. The fourth-order valence-corrected chi connectivity index (χ4v) is 3.06. The highest BCUT2D eigenvalue weighted by Gasteiger charge is 2.22. The van der Waals surface area contributed by atoms with E-state index in [4.69, 9.17) is 16.3 Å². The van der Waals surface area contributed by atoms with Crippen LogP contribution in [0.5, 0.6) is 0 Å². The Morgan fingerprint density at radius 2 is 2.03 bits per heavy atom. The van der Waals surface area contributed by atoms with Crippen LogP contribution in [0, 0.1) is 5.82 Å². The molecule has 3 aromatic rings. The molecule has 2 N–H and O–H groups in total. The Labute approximate surface area is 184 Å². The van der Waals surface area contributed by atoms with Crippen molar-refractivity contribution in [3.63, 3.8) is 0 Å². The maximum absolute atomic E-state index is 15.1. The van der Waals surface area contributed by atoms with Crippen molar-refractivity contribution in [2.75, 3.05) is 5.32 Å². The number of aromatic nitrogens is 5. The molecule has 0 bridgehead atoms. The lowest BCUT2D eigenvalue weighted by atomic mass is 10.0. The average molecular weight is 448 g/mol. The second-order valence-electron chi connectivity index (χ2n) is 7.86. The number of anilines is 2. The highest BCUT2D eigenvalue weighted by molar-refractivity contribution is 6.31. The van der Waals surface area contributed by atoms with Gasteiger partial charge in [0.1, 0.15) is 11.9 Å². The average Bonchev–Trinajstić information content (AvgIpc) is 3.07. The van der Waals surface area contributed by atoms with Gasteiger partial charge >= 0.3 is 6.09 Å². The molecule has 3 rings (SSSR count). The molecule has 2 aromatic heterocycles. The maximum Gasteiger partial charge on any atom is 0.408 e. The number of hydrogen-bond donors (Lipinski definition) is 2. The molecule has 9 nitrogen and oxygen atoms in total. The van der Waals surface area contributed by atoms with Crippen LogP contribution in [0.4, 0.5) is 20.8 Å². The number of alkyl carbamates (subject to hydrolysis) is 1. The van der Waals surface area contributed by atoms with Gasteiger partial charge in [0.05, 0.1) is 28.5 Å². The number of amides is 1. The first-order valence-corrected chi connectivity index (χ1v) is 9.84. The fourth-order valence-electron chi connectivity index (χ4n) is 2.73. The van der Waals surface area contributed by atoms with Crippen molar-refractivity contribution in [1.29, 1.82) is 0 Å². The first-order chi connectivity index (χ1) is 14.5. The Morgan fingerprint density at radius 3 is 2.68 bits per heavy atom. The summed E-state index contributed by atoms with van der Waals surface area (Å²) in [4.78, 5) is 24.4. The number of ether oxygens (including phenoxy) is 1. The van der Waals surface area contributed by atoms with Crippen LogP contribution < -0.4 is 10.6 Å². The summed E-state index contributed by atoms with van der Waals surface area (Å²) in [5.41, 5.74) is 0.532. The number of carbonyl (C=O) groups is 1. The first-order valence-electron chi connectivity index (χ1n) is 9.46. The summed E-state index contributed by atoms with van der Waals surface area (Å²) in [6.45, 7) is 6.95. The molecule has 0 spiro atoms. The Balaban J connectivity index is 1.82. The Bertz CT molecular complexity index is 1100. The summed E-state index contributed by atoms with van der Waals surface area (Å²) in [5, 5.41) is 9.54. The van der Waals surface area contributed by atoms with Crippen molar-refractivity contribution >= 4 is 29.3 Å². The van der Waals surface area contributed by atoms with Crippen molar-refractivity contribution < 1.29 is 13.9 Å². The van der Waals surface area contributed by atoms with Gasteiger partial charge in [0.15, 0.2) is 11.6 Å². The summed E-state index contributed by atoms with van der Waals surface area (Å²) in [5.74, 6) is -0.354. The van der Waals surface area contributed by atoms with Crippen LogP contribution in [0.25, 0.3) is 11.4 Å². The van der Waals surface area contributed by atoms with Crippen LogP contribution in [0.1, 0.15) is 39.3 Å². The molecule has 0 fully saturated rings. The van der Waals surface area contributed by atoms with E-state index in [-0.39, 0.29) is 22.4 Å². The zero-order chi connectivity index (χ0) is 22.8. The Kier molecular flexibility index (Phi) is 6.40. The highest BCUT2D eigenvalue weighted by atomic mass is 35.5. The second-order valence-corrected chi connectivity index (χ2v) is 8.24. The summed E-state index contributed by atoms with van der Waals surface area (Å²) >= 11 is 6.27. The molecule has 0 aliphatic rings. The molecule has 1 amide bonds. The zero-order valence-corrected chi connectivity index (χ0v) is 18.5. The number of nitrogens with zero attached hydrogens (tertiary/aromatic N) is 5. The van der Waals surface area contributed by atoms with Gasteiger partial charge in [0, 0.05) is 13.2 Å². The minimum atomic E-state index is -0.699. The molecule has 0 aliphatic carbocycles. The van der Waals surface area contributed by atoms with Crippen molar-refractivity contribution in [3.05, 3.63) is 47.3 Å². The zero-order valence-electron chi connectivity index (χ0n) is 17.8. The van der Waals surface area contributed by atoms with Crippen LogP contribution in [0.3, 0.4) is 0 Å². The normalized spacial score (nSPS) is 12.4. The number of aryl methyl sites for hydroxylation is 1. The first kappa shape index (κ1) is 22.4. The lowest BCUT2D eigenvalue weighted by Gasteiger charge is -2.22. The molecule has 1 aromatic carbocycles. The van der Waals surface area contributed by atoms with Gasteiger partial charge < -0.3 is 15.4 Å². The number of benzene rings is 1. The molecule has 0 radical (unpaired) electrons. The lowest BCUT2D eigenvalue weighted by Crippen LogP contribution is -2.34. The minimum Gasteiger partial charge on any atom is -0.444 e. The molecule has 31 heavy (non-hydrogen) atoms. The third-order valence-corrected chi connectivity index (χ3v) is 4.47. The standard InChI is InChI=1S/C20H23ClFN7O2/c1-11(26-19(30)31-20(2,3)4)13-6-7-14(16(22)15(13)21)17-23-10-24-18(28-17)27-12-8-25-29(5)9-12/h6-11H,1-5H3,(H,26,30)(H,23,24,27,28)/t11-/m1/s1. The van der Waals surface area contributed by atoms with Gasteiger partial charge in [0.25, 0.3) is 0 Å². The molecular weight excluding hydrogens is 425 g/mol. The largest absolute Gasteiger partial charge is 0.444 e. The van der Waals surface area contributed by atoms with Crippen LogP contribution in [0.2, 0.25) is 5.02 Å². The molecule has 164 valence electrons. The molecule has 2 heterocycles. The van der Waals surface area contributed by atoms with Gasteiger partial charge in [-0.25, -0.2) is 19.2 Å². The van der Waals surface area contributed by atoms with Crippen molar-refractivity contribution in [2.24, 2.45) is 7.05 Å². The maximum atomic E-state index is 15.1. The molecule has 1 atom stereocenters. The van der Waals surface area contributed by atoms with E-state index >= 15 is 4.39 Å². The molecule has 0 aliphatic heterocycles. The minimum absolute atomic E-state index is 0.106. The molecule has 0 saturated heterocycles. The van der Waals surface area contributed by atoms with Gasteiger partial charge in [-0.3, -0.25) is 4.68 Å². The predicted molar refractivity (Wildman–Crippen MR) is 115 cm³/mol. The van der Waals surface area contributed by atoms with Gasteiger partial charge in [-0.1, -0.05) is 17.7 Å². The topological polar surface area (TPSA) is 107 Å². The highest BCUT2D eigenvalue weighted by Crippen LogP contribution is 2.32. The summed E-state index contributed by atoms with van der Waals surface area (Å²) in [6, 6.07) is 2.54. The smallest absolute Gasteiger partial charge is 0.408 e. The number of carbonyl (C=O) groups excluding carboxylic acids is 1. The monoisotopic (exact) mass is 447 g/mol. The van der Waals surface area contributed by atoms with Crippen molar-refractivity contribution in [1.82, 2.24) is 30.0 Å². The lowest BCUT2D eigenvalue weighted by molar-refractivity contribution is 0.0508. The van der Waals surface area contributed by atoms with Gasteiger partial charge in [-0.05, 0) is 39.3 Å². The quantitative estimate of drug-likeness (QED) is 0.597. The van der Waals surface area contributed by atoms with E-state index in [1.54, 1.807) is 57.9 Å². The Morgan fingerprint density at radius 1 is 1.29 bits per heavy atom. The molecular formula is C20H23ClFN7O2. The van der Waals surface area contributed by atoms with E-state index in [2.05, 4.69) is 30.7 Å². The van der Waals surface area contributed by atoms with Crippen molar-refractivity contribution in [3.8, 4) is 11.4 Å². The van der Waals surface area contributed by atoms with E-state index < -0.39 is 23.6 Å².